The van der Waals surface area contributed by atoms with E-state index in [9.17, 15) is 27.9 Å². The van der Waals surface area contributed by atoms with Gasteiger partial charge in [-0.1, -0.05) is 11.6 Å². The maximum Gasteiger partial charge on any atom is 0.455 e. The van der Waals surface area contributed by atoms with Crippen LogP contribution in [0, 0.1) is 0 Å². The van der Waals surface area contributed by atoms with Crippen LogP contribution < -0.4 is 0 Å². The fourth-order valence-electron chi connectivity index (χ4n) is 4.17. The molecule has 1 aliphatic heterocycles. The van der Waals surface area contributed by atoms with Gasteiger partial charge >= 0.3 is 12.1 Å². The Hall–Kier alpha value is -2.43. The maximum absolute atomic E-state index is 13.0. The van der Waals surface area contributed by atoms with E-state index in [1.54, 1.807) is 0 Å². The summed E-state index contributed by atoms with van der Waals surface area (Å²) in [5, 5.41) is 12.4. The Balaban J connectivity index is 1.70. The van der Waals surface area contributed by atoms with Gasteiger partial charge in [0.2, 0.25) is 5.91 Å². The normalized spacial score (nSPS) is 19.6. The lowest BCUT2D eigenvalue weighted by atomic mass is 10.0. The lowest BCUT2D eigenvalue weighted by Crippen LogP contribution is -2.41. The van der Waals surface area contributed by atoms with Crippen LogP contribution in [0.25, 0.3) is 11.5 Å². The van der Waals surface area contributed by atoms with Gasteiger partial charge in [0.05, 0.1) is 12.0 Å². The van der Waals surface area contributed by atoms with Crippen molar-refractivity contribution < 1.29 is 32.4 Å². The van der Waals surface area contributed by atoms with E-state index in [2.05, 4.69) is 10.1 Å². The van der Waals surface area contributed by atoms with Crippen LogP contribution in [0.15, 0.2) is 4.52 Å². The third-order valence-electron chi connectivity index (χ3n) is 5.56. The Labute approximate surface area is 173 Å². The third kappa shape index (κ3) is 3.94. The molecule has 2 aromatic rings. The molecule has 1 N–H and O–H groups in total. The molecule has 1 saturated heterocycles. The average Bonchev–Trinajstić information content (AvgIpc) is 3.37. The van der Waals surface area contributed by atoms with Crippen LogP contribution in [0.1, 0.15) is 53.2 Å². The zero-order valence-corrected chi connectivity index (χ0v) is 16.8. The number of likely N-dealkylation sites (tertiary alicyclic amines) is 1. The molecule has 30 heavy (non-hydrogen) atoms. The van der Waals surface area contributed by atoms with Crippen LogP contribution in [0.3, 0.4) is 0 Å². The van der Waals surface area contributed by atoms with Crippen molar-refractivity contribution in [3.05, 3.63) is 21.1 Å². The zero-order chi connectivity index (χ0) is 21.5. The Bertz CT molecular complexity index is 969. The van der Waals surface area contributed by atoms with E-state index in [0.29, 0.717) is 36.2 Å². The number of aromatic nitrogens is 2. The fourth-order valence-corrected chi connectivity index (χ4v) is 5.55. The number of carboxylic acids is 1. The van der Waals surface area contributed by atoms with Gasteiger partial charge in [-0.25, -0.2) is 4.79 Å². The van der Waals surface area contributed by atoms with E-state index in [1.807, 2.05) is 0 Å². The molecule has 2 aliphatic rings. The molecule has 1 amide bonds. The van der Waals surface area contributed by atoms with E-state index in [-0.39, 0.29) is 18.2 Å². The summed E-state index contributed by atoms with van der Waals surface area (Å²) in [6, 6.07) is -0.862. The number of aliphatic carboxylic acids is 1. The highest BCUT2D eigenvalue weighted by Gasteiger charge is 2.39. The predicted octanol–water partition coefficient (Wildman–Crippen LogP) is 3.70. The van der Waals surface area contributed by atoms with Gasteiger partial charge in [0.25, 0.3) is 11.7 Å². The number of hydrogen-bond donors (Lipinski definition) is 1. The van der Waals surface area contributed by atoms with Gasteiger partial charge in [-0.2, -0.15) is 18.2 Å². The van der Waals surface area contributed by atoms with Crippen molar-refractivity contribution in [3.8, 4) is 11.5 Å². The monoisotopic (exact) mass is 443 g/mol. The Morgan fingerprint density at radius 2 is 1.97 bits per heavy atom. The molecule has 1 atom stereocenters. The van der Waals surface area contributed by atoms with E-state index in [0.717, 1.165) is 36.1 Å². The lowest BCUT2D eigenvalue weighted by molar-refractivity contribution is -0.148. The van der Waals surface area contributed by atoms with Crippen molar-refractivity contribution in [1.82, 2.24) is 15.0 Å². The Morgan fingerprint density at radius 3 is 2.67 bits per heavy atom. The van der Waals surface area contributed by atoms with Crippen LogP contribution in [-0.4, -0.2) is 44.6 Å². The summed E-state index contributed by atoms with van der Waals surface area (Å²) in [5.41, 5.74) is 1.29. The summed E-state index contributed by atoms with van der Waals surface area (Å²) in [6.45, 7) is 0.356. The molecule has 0 spiro atoms. The number of carbonyl (C=O) groups is 2. The summed E-state index contributed by atoms with van der Waals surface area (Å²) >= 11 is 1.38. The number of amides is 1. The van der Waals surface area contributed by atoms with Gasteiger partial charge < -0.3 is 14.5 Å². The first kappa shape index (κ1) is 20.8. The molecule has 162 valence electrons. The van der Waals surface area contributed by atoms with Crippen molar-refractivity contribution >= 4 is 23.2 Å². The SMILES string of the molecule is O=C(O)[C@H]1CCCN1C(=O)Cc1sc2c(c1-c1nc(C(F)(F)F)no1)CCCCC2. The van der Waals surface area contributed by atoms with Crippen molar-refractivity contribution in [2.24, 2.45) is 0 Å². The first-order valence-electron chi connectivity index (χ1n) is 9.82. The van der Waals surface area contributed by atoms with Crippen molar-refractivity contribution in [2.45, 2.75) is 63.6 Å². The van der Waals surface area contributed by atoms with Gasteiger partial charge in [0.1, 0.15) is 6.04 Å². The third-order valence-corrected chi connectivity index (χ3v) is 6.85. The Morgan fingerprint density at radius 1 is 1.20 bits per heavy atom. The molecule has 0 unspecified atom stereocenters. The van der Waals surface area contributed by atoms with Crippen molar-refractivity contribution in [1.29, 1.82) is 0 Å². The van der Waals surface area contributed by atoms with Crippen LogP contribution in [0.2, 0.25) is 0 Å². The first-order valence-corrected chi connectivity index (χ1v) is 10.6. The number of alkyl halides is 3. The van der Waals surface area contributed by atoms with E-state index < -0.39 is 24.0 Å². The quantitative estimate of drug-likeness (QED) is 0.724. The molecule has 0 aromatic carbocycles. The molecule has 4 rings (SSSR count). The number of aryl methyl sites for hydroxylation is 1. The molecule has 2 aromatic heterocycles. The summed E-state index contributed by atoms with van der Waals surface area (Å²) in [7, 11) is 0. The lowest BCUT2D eigenvalue weighted by Gasteiger charge is -2.21. The number of carbonyl (C=O) groups excluding carboxylic acids is 1. The number of hydrogen-bond acceptors (Lipinski definition) is 6. The smallest absolute Gasteiger partial charge is 0.455 e. The van der Waals surface area contributed by atoms with Crippen LogP contribution >= 0.6 is 11.3 Å². The predicted molar refractivity (Wildman–Crippen MR) is 99.9 cm³/mol. The molecule has 0 saturated carbocycles. The van der Waals surface area contributed by atoms with E-state index in [4.69, 9.17) is 4.52 Å². The number of halogens is 3. The molecule has 11 heteroatoms. The summed E-state index contributed by atoms with van der Waals surface area (Å²) in [6.07, 6.45) is 0.491. The highest BCUT2D eigenvalue weighted by atomic mass is 32.1. The molecule has 0 radical (unpaired) electrons. The highest BCUT2D eigenvalue weighted by molar-refractivity contribution is 7.12. The minimum absolute atomic E-state index is 0.0967. The van der Waals surface area contributed by atoms with Gasteiger partial charge in [-0.15, -0.1) is 11.3 Å². The van der Waals surface area contributed by atoms with Crippen LogP contribution in [0.4, 0.5) is 13.2 Å². The second-order valence-electron chi connectivity index (χ2n) is 7.54. The summed E-state index contributed by atoms with van der Waals surface area (Å²) < 4.78 is 43.9. The zero-order valence-electron chi connectivity index (χ0n) is 16.0. The van der Waals surface area contributed by atoms with Gasteiger partial charge in [0, 0.05) is 16.3 Å². The Kier molecular flexibility index (Phi) is 5.56. The molecule has 1 fully saturated rings. The number of nitrogens with zero attached hydrogens (tertiary/aromatic N) is 3. The maximum atomic E-state index is 13.0. The van der Waals surface area contributed by atoms with Gasteiger partial charge in [-0.05, 0) is 44.1 Å². The number of thiophene rings is 1. The van der Waals surface area contributed by atoms with E-state index in [1.165, 1.54) is 16.2 Å². The van der Waals surface area contributed by atoms with Crippen LogP contribution in [-0.2, 0) is 35.0 Å². The summed E-state index contributed by atoms with van der Waals surface area (Å²) in [4.78, 5) is 30.8. The summed E-state index contributed by atoms with van der Waals surface area (Å²) in [5.74, 6) is -2.99. The molecule has 0 bridgehead atoms. The minimum atomic E-state index is -4.73. The topological polar surface area (TPSA) is 96.5 Å². The molecular weight excluding hydrogens is 423 g/mol. The largest absolute Gasteiger partial charge is 0.480 e. The second-order valence-corrected chi connectivity index (χ2v) is 8.73. The number of carboxylic acid groups (broad SMARTS) is 1. The number of rotatable bonds is 4. The van der Waals surface area contributed by atoms with Crippen molar-refractivity contribution in [3.63, 3.8) is 0 Å². The standard InChI is InChI=1S/C19H20F3N3O4S/c20-19(21,22)18-23-16(29-24-18)15-10-5-2-1-3-7-12(10)30-13(15)9-14(26)25-8-4-6-11(25)17(27)28/h11H,1-9H2,(H,27,28)/t11-/m1/s1. The molecule has 7 nitrogen and oxygen atoms in total. The molecule has 3 heterocycles. The minimum Gasteiger partial charge on any atom is -0.480 e. The van der Waals surface area contributed by atoms with Gasteiger partial charge in [0.15, 0.2) is 0 Å². The molecular formula is C19H20F3N3O4S. The van der Waals surface area contributed by atoms with Crippen molar-refractivity contribution in [2.75, 3.05) is 6.54 Å². The number of fused-ring (bicyclic) bond motifs is 1. The highest BCUT2D eigenvalue weighted by Crippen LogP contribution is 2.41. The first-order chi connectivity index (χ1) is 14.3. The second kappa shape index (κ2) is 8.01. The molecule has 1 aliphatic carbocycles. The average molecular weight is 443 g/mol. The van der Waals surface area contributed by atoms with Gasteiger partial charge in [-0.3, -0.25) is 4.79 Å². The van der Waals surface area contributed by atoms with Crippen LogP contribution in [0.5, 0.6) is 0 Å². The van der Waals surface area contributed by atoms with E-state index >= 15 is 0 Å². The fraction of sp³-hybridized carbons (Fsp3) is 0.579.